The van der Waals surface area contributed by atoms with Crippen molar-refractivity contribution < 1.29 is 19.1 Å². The number of aromatic nitrogens is 1. The van der Waals surface area contributed by atoms with Gasteiger partial charge >= 0.3 is 11.9 Å². The Morgan fingerprint density at radius 1 is 0.560 bits per heavy atom. The topological polar surface area (TPSA) is 72.0 Å². The van der Waals surface area contributed by atoms with Crippen LogP contribution in [0, 0.1) is 0 Å². The fraction of sp³-hybridized carbons (Fsp3) is 0.419. The average molecular weight is 672 g/mol. The van der Waals surface area contributed by atoms with Gasteiger partial charge in [0.25, 0.3) is 0 Å². The lowest BCUT2D eigenvalue weighted by atomic mass is 9.88. The van der Waals surface area contributed by atoms with Gasteiger partial charge in [0.15, 0.2) is 0 Å². The summed E-state index contributed by atoms with van der Waals surface area (Å²) in [6.45, 7) is 5.99. The predicted octanol–water partition coefficient (Wildman–Crippen LogP) is 8.86. The van der Waals surface area contributed by atoms with E-state index >= 15 is 0 Å². The normalized spacial score (nSPS) is 25.1. The van der Waals surface area contributed by atoms with Gasteiger partial charge in [0, 0.05) is 37.3 Å². The second kappa shape index (κ2) is 15.7. The fourth-order valence-corrected chi connectivity index (χ4v) is 8.42. The largest absolute Gasteiger partial charge is 0.456 e. The van der Waals surface area contributed by atoms with Gasteiger partial charge in [-0.3, -0.25) is 9.80 Å². The van der Waals surface area contributed by atoms with Crippen LogP contribution in [0.3, 0.4) is 0 Å². The predicted molar refractivity (Wildman–Crippen MR) is 194 cm³/mol. The quantitative estimate of drug-likeness (QED) is 0.201. The summed E-state index contributed by atoms with van der Waals surface area (Å²) >= 11 is 0. The molecule has 2 saturated carbocycles. The number of carbonyl (C=O) groups excluding carboxylic acids is 2. The Morgan fingerprint density at radius 3 is 1.44 bits per heavy atom. The van der Waals surface area contributed by atoms with E-state index in [9.17, 15) is 9.59 Å². The van der Waals surface area contributed by atoms with Crippen LogP contribution in [0.2, 0.25) is 0 Å². The average Bonchev–Trinajstić information content (AvgIpc) is 3.16. The molecule has 2 heterocycles. The van der Waals surface area contributed by atoms with Gasteiger partial charge in [-0.15, -0.1) is 0 Å². The van der Waals surface area contributed by atoms with Gasteiger partial charge in [-0.05, 0) is 86.8 Å². The number of fused-ring (bicyclic) bond motifs is 6. The molecule has 0 radical (unpaired) electrons. The third kappa shape index (κ3) is 7.69. The molecule has 50 heavy (non-hydrogen) atoms. The molecule has 7 heteroatoms. The molecule has 0 saturated heterocycles. The van der Waals surface area contributed by atoms with Crippen molar-refractivity contribution in [1.29, 1.82) is 0 Å². The first-order valence-corrected chi connectivity index (χ1v) is 18.5. The Hall–Kier alpha value is -4.33. The van der Waals surface area contributed by atoms with Crippen LogP contribution in [0.25, 0.3) is 0 Å². The highest BCUT2D eigenvalue weighted by atomic mass is 16.6. The number of benzene rings is 3. The highest BCUT2D eigenvalue weighted by Crippen LogP contribution is 2.36. The lowest BCUT2D eigenvalue weighted by molar-refractivity contribution is -0.0321. The number of hydrogen-bond acceptors (Lipinski definition) is 7. The maximum Gasteiger partial charge on any atom is 0.357 e. The van der Waals surface area contributed by atoms with E-state index in [0.717, 1.165) is 64.5 Å². The third-order valence-corrected chi connectivity index (χ3v) is 11.2. The molecule has 0 N–H and O–H groups in total. The van der Waals surface area contributed by atoms with E-state index in [1.54, 1.807) is 18.2 Å². The van der Waals surface area contributed by atoms with Gasteiger partial charge in [0.2, 0.25) is 0 Å². The van der Waals surface area contributed by atoms with Crippen LogP contribution in [-0.4, -0.2) is 51.0 Å². The molecule has 2 aliphatic carbocycles. The lowest BCUT2D eigenvalue weighted by Gasteiger charge is -2.43. The van der Waals surface area contributed by atoms with Crippen molar-refractivity contribution in [3.05, 3.63) is 137 Å². The molecule has 7 nitrogen and oxygen atoms in total. The molecule has 1 aliphatic heterocycles. The number of carbonyl (C=O) groups is 2. The fourth-order valence-electron chi connectivity index (χ4n) is 8.42. The highest BCUT2D eigenvalue weighted by molar-refractivity contribution is 5.91. The van der Waals surface area contributed by atoms with E-state index in [1.807, 2.05) is 0 Å². The second-order valence-corrected chi connectivity index (χ2v) is 14.3. The number of rotatable bonds is 4. The number of nitrogens with zero attached hydrogens (tertiary/aromatic N) is 3. The minimum Gasteiger partial charge on any atom is -0.456 e. The number of esters is 2. The molecular weight excluding hydrogens is 622 g/mol. The first-order chi connectivity index (χ1) is 24.4. The van der Waals surface area contributed by atoms with Crippen LogP contribution in [0.5, 0.6) is 0 Å². The van der Waals surface area contributed by atoms with Crippen LogP contribution in [0.4, 0.5) is 0 Å². The third-order valence-electron chi connectivity index (χ3n) is 11.2. The van der Waals surface area contributed by atoms with Crippen molar-refractivity contribution in [3.8, 4) is 0 Å². The number of pyridine rings is 1. The van der Waals surface area contributed by atoms with Crippen LogP contribution in [0.1, 0.15) is 121 Å². The molecule has 4 bridgehead atoms. The number of ether oxygens (including phenoxy) is 2. The minimum atomic E-state index is -0.495. The van der Waals surface area contributed by atoms with Gasteiger partial charge < -0.3 is 9.47 Å². The summed E-state index contributed by atoms with van der Waals surface area (Å²) in [4.78, 5) is 37.1. The van der Waals surface area contributed by atoms with Crippen molar-refractivity contribution >= 4 is 11.9 Å². The van der Waals surface area contributed by atoms with E-state index in [4.69, 9.17) is 9.47 Å². The Bertz CT molecular complexity index is 1630. The van der Waals surface area contributed by atoms with Crippen LogP contribution >= 0.6 is 0 Å². The summed E-state index contributed by atoms with van der Waals surface area (Å²) in [5, 5.41) is 0. The molecule has 2 fully saturated rings. The van der Waals surface area contributed by atoms with Crippen molar-refractivity contribution in [1.82, 2.24) is 14.8 Å². The Kier molecular flexibility index (Phi) is 10.7. The number of hydrogen-bond donors (Lipinski definition) is 0. The van der Waals surface area contributed by atoms with Gasteiger partial charge in [-0.2, -0.15) is 0 Å². The van der Waals surface area contributed by atoms with E-state index in [0.29, 0.717) is 0 Å². The van der Waals surface area contributed by atoms with E-state index in [1.165, 1.54) is 22.3 Å². The zero-order valence-corrected chi connectivity index (χ0v) is 29.3. The molecule has 7 rings (SSSR count). The molecule has 0 amide bonds. The maximum absolute atomic E-state index is 13.7. The molecule has 4 aromatic rings. The van der Waals surface area contributed by atoms with Crippen LogP contribution in [-0.2, 0) is 22.6 Å². The molecule has 1 aromatic heterocycles. The van der Waals surface area contributed by atoms with Crippen molar-refractivity contribution in [3.63, 3.8) is 0 Å². The summed E-state index contributed by atoms with van der Waals surface area (Å²) in [7, 11) is 0. The lowest BCUT2D eigenvalue weighted by Crippen LogP contribution is -2.48. The summed E-state index contributed by atoms with van der Waals surface area (Å²) < 4.78 is 12.6. The van der Waals surface area contributed by atoms with Crippen LogP contribution in [0.15, 0.2) is 103 Å². The maximum atomic E-state index is 13.7. The summed E-state index contributed by atoms with van der Waals surface area (Å²) in [5.74, 6) is -0.990. The zero-order valence-electron chi connectivity index (χ0n) is 29.3. The van der Waals surface area contributed by atoms with E-state index in [2.05, 4.69) is 114 Å². The van der Waals surface area contributed by atoms with Gasteiger partial charge in [-0.25, -0.2) is 14.6 Å². The molecule has 260 valence electrons. The van der Waals surface area contributed by atoms with Crippen molar-refractivity contribution in [2.45, 2.75) is 115 Å². The molecule has 0 unspecified atom stereocenters. The molecular formula is C43H49N3O4. The Balaban J connectivity index is 1.31. The van der Waals surface area contributed by atoms with E-state index < -0.39 is 11.9 Å². The van der Waals surface area contributed by atoms with Crippen molar-refractivity contribution in [2.24, 2.45) is 0 Å². The molecule has 6 atom stereocenters. The minimum absolute atomic E-state index is 0.0243. The summed E-state index contributed by atoms with van der Waals surface area (Å²) in [6.07, 6.45) is 6.97. The van der Waals surface area contributed by atoms with Gasteiger partial charge in [0.1, 0.15) is 23.6 Å². The monoisotopic (exact) mass is 671 g/mol. The zero-order chi connectivity index (χ0) is 34.5. The molecule has 3 aromatic carbocycles. The molecule has 3 aliphatic rings. The summed E-state index contributed by atoms with van der Waals surface area (Å²) in [5.41, 5.74) is 5.21. The van der Waals surface area contributed by atoms with E-state index in [-0.39, 0.29) is 47.8 Å². The Labute approximate surface area is 296 Å². The van der Waals surface area contributed by atoms with Gasteiger partial charge in [0.05, 0.1) is 0 Å². The smallest absolute Gasteiger partial charge is 0.357 e. The SMILES string of the molecule is C[C@@H](c1ccccc1)N1Cc2cccc(c2)CN([C@@H](C)c2ccccc2)[C@H]2CCCC[C@@H]2OC(=O)c2cccc(n2)C(=O)O[C@H]2CCCC[C@@H]21. The summed E-state index contributed by atoms with van der Waals surface area (Å²) in [6, 6.07) is 35.4. The standard InChI is InChI=1S/C43H49N3O4/c1-30(34-17-5-3-6-18-34)45-28-32-15-13-16-33(27-32)29-46(31(2)35-19-7-4-8-20-35)39-24-10-12-26-41(39)50-43(48)37-22-14-21-36(44-37)42(47)49-40-25-11-9-23-38(40)45/h3-8,13-22,27,30-31,38-41H,9-12,23-26,28-29H2,1-2H3/t30-,31-,38-,39-,40-,41-/m0/s1. The second-order valence-electron chi connectivity index (χ2n) is 14.3. The van der Waals surface area contributed by atoms with Crippen LogP contribution < -0.4 is 0 Å². The molecule has 0 spiro atoms. The first-order valence-electron chi connectivity index (χ1n) is 18.5. The van der Waals surface area contributed by atoms with Gasteiger partial charge in [-0.1, -0.05) is 104 Å². The first kappa shape index (κ1) is 34.1. The highest BCUT2D eigenvalue weighted by Gasteiger charge is 2.38. The van der Waals surface area contributed by atoms with Crippen molar-refractivity contribution in [2.75, 3.05) is 0 Å². The Morgan fingerprint density at radius 2 is 0.980 bits per heavy atom.